The summed E-state index contributed by atoms with van der Waals surface area (Å²) in [7, 11) is 0. The molecule has 0 atom stereocenters. The molecular weight excluding hydrogens is 668 g/mol. The molecule has 48 heavy (non-hydrogen) atoms. The molecule has 2 N–H and O–H groups in total. The monoisotopic (exact) mass is 712 g/mol. The van der Waals surface area contributed by atoms with E-state index in [1.54, 1.807) is 17.1 Å². The van der Waals surface area contributed by atoms with Crippen molar-refractivity contribution >= 4 is 45.3 Å². The van der Waals surface area contributed by atoms with Crippen LogP contribution in [0.1, 0.15) is 63.3 Å². The van der Waals surface area contributed by atoms with Crippen molar-refractivity contribution in [1.82, 2.24) is 24.6 Å². The average Bonchev–Trinajstić information content (AvgIpc) is 3.51. The quantitative estimate of drug-likeness (QED) is 0.207. The topological polar surface area (TPSA) is 108 Å². The molecule has 2 fully saturated rings. The Morgan fingerprint density at radius 1 is 0.896 bits per heavy atom. The van der Waals surface area contributed by atoms with E-state index >= 15 is 0 Å². The number of nitrogens with one attached hydrogen (secondary N) is 2. The van der Waals surface area contributed by atoms with Gasteiger partial charge in [-0.25, -0.2) is 19.4 Å². The van der Waals surface area contributed by atoms with Crippen molar-refractivity contribution in [2.45, 2.75) is 65.2 Å². The summed E-state index contributed by atoms with van der Waals surface area (Å²) in [5.74, 6) is 2.11. The lowest BCUT2D eigenvalue weighted by atomic mass is 9.88. The second-order valence-corrected chi connectivity index (χ2v) is 15.0. The number of nitrogens with zero attached hydrogens (tertiary/aromatic N) is 6. The second-order valence-electron chi connectivity index (χ2n) is 14.1. The van der Waals surface area contributed by atoms with Crippen molar-refractivity contribution in [3.8, 4) is 5.69 Å². The van der Waals surface area contributed by atoms with Gasteiger partial charge < -0.3 is 15.1 Å². The summed E-state index contributed by atoms with van der Waals surface area (Å²) < 4.78 is 2.65. The number of anilines is 3. The number of carbonyl (C=O) groups is 2. The molecule has 0 spiro atoms. The number of rotatable bonds is 7. The summed E-state index contributed by atoms with van der Waals surface area (Å²) in [5, 5.41) is 11.0. The maximum Gasteiger partial charge on any atom is 0.324 e. The first-order chi connectivity index (χ1) is 23.0. The summed E-state index contributed by atoms with van der Waals surface area (Å²) in [4.78, 5) is 39.9. The number of urea groups is 1. The lowest BCUT2D eigenvalue weighted by Gasteiger charge is -2.37. The zero-order valence-electron chi connectivity index (χ0n) is 28.2. The van der Waals surface area contributed by atoms with Gasteiger partial charge in [-0.2, -0.15) is 5.10 Å². The highest BCUT2D eigenvalue weighted by atomic mass is 79.9. The molecule has 4 aromatic rings. The van der Waals surface area contributed by atoms with Crippen molar-refractivity contribution in [3.05, 3.63) is 88.3 Å². The summed E-state index contributed by atoms with van der Waals surface area (Å²) in [6.07, 6.45) is 7.91. The molecule has 6 rings (SSSR count). The van der Waals surface area contributed by atoms with Crippen molar-refractivity contribution < 1.29 is 9.59 Å². The van der Waals surface area contributed by atoms with Gasteiger partial charge in [0.1, 0.15) is 5.82 Å². The third kappa shape index (κ3) is 8.06. The van der Waals surface area contributed by atoms with Gasteiger partial charge in [-0.15, -0.1) is 0 Å². The first kappa shape index (κ1) is 33.6. The fraction of sp³-hybridized carbons (Fsp3) is 0.432. The van der Waals surface area contributed by atoms with Gasteiger partial charge in [0.25, 0.3) is 0 Å². The standard InChI is InChI=1S/C37H45BrN8O2/c1-25-9-11-30(12-10-25)46-33(22-32(43-46)37(2,3)4)42-36(48)41-31-8-6-5-7-28(31)21-26-13-17-44(18-14-26)34(47)27-15-19-45(20-16-27)35-39-23-29(38)24-40-35/h5-12,22-24,26-27H,13-21H2,1-4H3,(H2,41,42,48). The Morgan fingerprint density at radius 2 is 1.56 bits per heavy atom. The molecule has 0 aliphatic carbocycles. The number of aromatic nitrogens is 4. The molecule has 0 saturated carbocycles. The third-order valence-electron chi connectivity index (χ3n) is 9.43. The number of hydrogen-bond acceptors (Lipinski definition) is 6. The summed E-state index contributed by atoms with van der Waals surface area (Å²) in [6.45, 7) is 11.5. The molecule has 2 aliphatic rings. The number of likely N-dealkylation sites (tertiary alicyclic amines) is 1. The van der Waals surface area contributed by atoms with E-state index in [1.165, 1.54) is 0 Å². The van der Waals surface area contributed by atoms with Crippen molar-refractivity contribution in [2.75, 3.05) is 41.7 Å². The molecule has 2 aromatic heterocycles. The smallest absolute Gasteiger partial charge is 0.324 e. The molecule has 4 heterocycles. The van der Waals surface area contributed by atoms with Gasteiger partial charge in [0.15, 0.2) is 0 Å². The Morgan fingerprint density at radius 3 is 2.23 bits per heavy atom. The zero-order chi connectivity index (χ0) is 33.8. The van der Waals surface area contributed by atoms with Gasteiger partial charge in [0, 0.05) is 61.7 Å². The summed E-state index contributed by atoms with van der Waals surface area (Å²) in [5.41, 5.74) is 4.66. The maximum atomic E-state index is 13.4. The van der Waals surface area contributed by atoms with E-state index in [2.05, 4.69) is 73.2 Å². The predicted molar refractivity (Wildman–Crippen MR) is 194 cm³/mol. The Bertz CT molecular complexity index is 1720. The molecule has 3 amide bonds. The highest BCUT2D eigenvalue weighted by molar-refractivity contribution is 9.10. The third-order valence-corrected chi connectivity index (χ3v) is 9.84. The largest absolute Gasteiger partial charge is 0.342 e. The van der Waals surface area contributed by atoms with Crippen LogP contribution in [0.3, 0.4) is 0 Å². The molecule has 252 valence electrons. The molecule has 2 saturated heterocycles. The first-order valence-corrected chi connectivity index (χ1v) is 17.7. The van der Waals surface area contributed by atoms with Crippen LogP contribution in [0.5, 0.6) is 0 Å². The van der Waals surface area contributed by atoms with E-state index in [9.17, 15) is 9.59 Å². The molecule has 2 aromatic carbocycles. The van der Waals surface area contributed by atoms with Crippen molar-refractivity contribution in [1.29, 1.82) is 0 Å². The number of halogens is 1. The highest BCUT2D eigenvalue weighted by Crippen LogP contribution is 2.30. The Kier molecular flexibility index (Phi) is 10.1. The van der Waals surface area contributed by atoms with Crippen LogP contribution in [0.25, 0.3) is 5.69 Å². The van der Waals surface area contributed by atoms with Gasteiger partial charge in [-0.1, -0.05) is 56.7 Å². The van der Waals surface area contributed by atoms with E-state index in [0.29, 0.717) is 11.7 Å². The van der Waals surface area contributed by atoms with Gasteiger partial charge in [0.2, 0.25) is 11.9 Å². The lowest BCUT2D eigenvalue weighted by Crippen LogP contribution is -2.46. The number of benzene rings is 2. The van der Waals surface area contributed by atoms with E-state index in [4.69, 9.17) is 5.10 Å². The fourth-order valence-corrected chi connectivity index (χ4v) is 6.74. The van der Waals surface area contributed by atoms with Crippen molar-refractivity contribution in [3.63, 3.8) is 0 Å². The Hall–Kier alpha value is -4.25. The molecule has 10 nitrogen and oxygen atoms in total. The van der Waals surface area contributed by atoms with E-state index in [0.717, 1.165) is 96.9 Å². The van der Waals surface area contributed by atoms with Crippen LogP contribution in [0.15, 0.2) is 71.5 Å². The number of para-hydroxylation sites is 1. The molecular formula is C37H45BrN8O2. The van der Waals surface area contributed by atoms with Gasteiger partial charge in [0.05, 0.1) is 15.9 Å². The second kappa shape index (κ2) is 14.5. The number of hydrogen-bond donors (Lipinski definition) is 2. The lowest BCUT2D eigenvalue weighted by molar-refractivity contribution is -0.137. The number of amides is 3. The minimum atomic E-state index is -0.311. The predicted octanol–water partition coefficient (Wildman–Crippen LogP) is 7.37. The van der Waals surface area contributed by atoms with Gasteiger partial charge in [-0.05, 0) is 84.6 Å². The van der Waals surface area contributed by atoms with E-state index < -0.39 is 0 Å². The molecule has 2 aliphatic heterocycles. The van der Waals surface area contributed by atoms with Crippen molar-refractivity contribution in [2.24, 2.45) is 11.8 Å². The fourth-order valence-electron chi connectivity index (χ4n) is 6.53. The summed E-state index contributed by atoms with van der Waals surface area (Å²) >= 11 is 3.39. The molecule has 0 unspecified atom stereocenters. The highest BCUT2D eigenvalue weighted by Gasteiger charge is 2.32. The minimum absolute atomic E-state index is 0.0541. The van der Waals surface area contributed by atoms with Crippen LogP contribution < -0.4 is 15.5 Å². The Labute approximate surface area is 291 Å². The van der Waals surface area contributed by atoms with Gasteiger partial charge in [-0.3, -0.25) is 10.1 Å². The Balaban J connectivity index is 1.03. The van der Waals surface area contributed by atoms with E-state index in [1.807, 2.05) is 55.5 Å². The number of piperidine rings is 2. The zero-order valence-corrected chi connectivity index (χ0v) is 29.8. The van der Waals surface area contributed by atoms with E-state index in [-0.39, 0.29) is 23.3 Å². The SMILES string of the molecule is Cc1ccc(-n2nc(C(C)(C)C)cc2NC(=O)Nc2ccccc2CC2CCN(C(=O)C3CCN(c4ncc(Br)cn4)CC3)CC2)cc1. The van der Waals surface area contributed by atoms with Crippen LogP contribution in [0.4, 0.5) is 22.2 Å². The maximum absolute atomic E-state index is 13.4. The molecule has 11 heteroatoms. The number of aryl methyl sites for hydroxylation is 1. The summed E-state index contributed by atoms with van der Waals surface area (Å²) in [6, 6.07) is 17.7. The van der Waals surface area contributed by atoms with Crippen LogP contribution in [-0.2, 0) is 16.6 Å². The van der Waals surface area contributed by atoms with Crippen LogP contribution in [0.2, 0.25) is 0 Å². The normalized spacial score (nSPS) is 16.2. The van der Waals surface area contributed by atoms with Crippen LogP contribution in [0, 0.1) is 18.8 Å². The minimum Gasteiger partial charge on any atom is -0.342 e. The number of carbonyl (C=O) groups excluding carboxylic acids is 2. The van der Waals surface area contributed by atoms with Gasteiger partial charge >= 0.3 is 6.03 Å². The average molecular weight is 714 g/mol. The van der Waals surface area contributed by atoms with Crippen LogP contribution in [-0.4, -0.2) is 62.8 Å². The first-order valence-electron chi connectivity index (χ1n) is 16.9. The molecule has 0 radical (unpaired) electrons. The van der Waals surface area contributed by atoms with Crippen LogP contribution >= 0.6 is 15.9 Å². The molecule has 0 bridgehead atoms.